The molecule has 0 bridgehead atoms. The van der Waals surface area contributed by atoms with Gasteiger partial charge in [0.15, 0.2) is 0 Å². The fourth-order valence-electron chi connectivity index (χ4n) is 2.75. The number of urea groups is 1. The van der Waals surface area contributed by atoms with Crippen molar-refractivity contribution in [1.82, 2.24) is 10.2 Å². The molecule has 1 N–H and O–H groups in total. The molecule has 2 aromatic carbocycles. The lowest BCUT2D eigenvalue weighted by Gasteiger charge is -2.26. The van der Waals surface area contributed by atoms with Gasteiger partial charge in [0.2, 0.25) is 0 Å². The fraction of sp³-hybridized carbons (Fsp3) is 0.190. The second-order valence-electron chi connectivity index (χ2n) is 6.52. The van der Waals surface area contributed by atoms with E-state index >= 15 is 0 Å². The fourth-order valence-corrected chi connectivity index (χ4v) is 2.75. The lowest BCUT2D eigenvalue weighted by atomic mass is 10.0. The zero-order valence-corrected chi connectivity index (χ0v) is 14.7. The van der Waals surface area contributed by atoms with Crippen LogP contribution in [0.2, 0.25) is 0 Å². The van der Waals surface area contributed by atoms with Crippen LogP contribution in [0, 0.1) is 0 Å². The normalized spacial score (nSPS) is 16.3. The molecule has 132 valence electrons. The van der Waals surface area contributed by atoms with Crippen LogP contribution in [0.4, 0.5) is 4.79 Å². The van der Waals surface area contributed by atoms with E-state index < -0.39 is 17.8 Å². The zero-order chi connectivity index (χ0) is 18.7. The molecule has 1 aliphatic heterocycles. The number of carbonyl (C=O) groups is 3. The minimum atomic E-state index is -0.698. The Bertz CT molecular complexity index is 868. The van der Waals surface area contributed by atoms with E-state index in [1.54, 1.807) is 0 Å². The zero-order valence-electron chi connectivity index (χ0n) is 14.7. The number of rotatable bonds is 4. The lowest BCUT2D eigenvalue weighted by molar-refractivity contribution is -0.130. The van der Waals surface area contributed by atoms with Crippen LogP contribution in [-0.2, 0) is 16.1 Å². The molecule has 0 spiro atoms. The molecular formula is C21H20N2O3. The van der Waals surface area contributed by atoms with Crippen molar-refractivity contribution in [1.29, 1.82) is 0 Å². The minimum Gasteiger partial charge on any atom is -0.273 e. The molecule has 1 aliphatic rings. The Morgan fingerprint density at radius 3 is 2.23 bits per heavy atom. The van der Waals surface area contributed by atoms with Crippen molar-refractivity contribution in [2.24, 2.45) is 0 Å². The van der Waals surface area contributed by atoms with Crippen LogP contribution < -0.4 is 5.32 Å². The van der Waals surface area contributed by atoms with Crippen molar-refractivity contribution in [3.63, 3.8) is 0 Å². The Hall–Kier alpha value is -3.21. The Morgan fingerprint density at radius 1 is 0.962 bits per heavy atom. The predicted molar refractivity (Wildman–Crippen MR) is 99.0 cm³/mol. The molecule has 0 saturated carbocycles. The number of imide groups is 2. The van der Waals surface area contributed by atoms with Crippen LogP contribution in [0.3, 0.4) is 0 Å². The van der Waals surface area contributed by atoms with Gasteiger partial charge in [-0.1, -0.05) is 68.4 Å². The number of hydrogen-bond donors (Lipinski definition) is 1. The molecule has 26 heavy (non-hydrogen) atoms. The first-order chi connectivity index (χ1) is 12.5. The maximum Gasteiger partial charge on any atom is 0.331 e. The summed E-state index contributed by atoms with van der Waals surface area (Å²) in [7, 11) is 0. The quantitative estimate of drug-likeness (QED) is 0.679. The third-order valence-corrected chi connectivity index (χ3v) is 4.28. The van der Waals surface area contributed by atoms with Crippen LogP contribution >= 0.6 is 0 Å². The summed E-state index contributed by atoms with van der Waals surface area (Å²) in [6.45, 7) is 4.31. The van der Waals surface area contributed by atoms with Gasteiger partial charge >= 0.3 is 6.03 Å². The third-order valence-electron chi connectivity index (χ3n) is 4.28. The van der Waals surface area contributed by atoms with Crippen molar-refractivity contribution in [3.8, 4) is 0 Å². The molecule has 1 heterocycles. The van der Waals surface area contributed by atoms with E-state index in [9.17, 15) is 14.4 Å². The van der Waals surface area contributed by atoms with Gasteiger partial charge in [0.25, 0.3) is 11.8 Å². The molecule has 1 fully saturated rings. The van der Waals surface area contributed by atoms with Gasteiger partial charge in [0.05, 0.1) is 6.54 Å². The van der Waals surface area contributed by atoms with Gasteiger partial charge in [-0.3, -0.25) is 19.8 Å². The molecule has 1 saturated heterocycles. The predicted octanol–water partition coefficient (Wildman–Crippen LogP) is 3.47. The summed E-state index contributed by atoms with van der Waals surface area (Å²) in [5.41, 5.74) is 2.68. The number of nitrogens with one attached hydrogen (secondary N) is 1. The second-order valence-corrected chi connectivity index (χ2v) is 6.52. The van der Waals surface area contributed by atoms with E-state index in [-0.39, 0.29) is 12.1 Å². The first-order valence-corrected chi connectivity index (χ1v) is 8.48. The molecule has 0 unspecified atom stereocenters. The molecule has 3 rings (SSSR count). The molecule has 2 aromatic rings. The molecule has 0 radical (unpaired) electrons. The number of nitrogens with zero attached hydrogens (tertiary/aromatic N) is 1. The largest absolute Gasteiger partial charge is 0.331 e. The molecule has 0 atom stereocenters. The van der Waals surface area contributed by atoms with Crippen molar-refractivity contribution in [2.45, 2.75) is 26.3 Å². The summed E-state index contributed by atoms with van der Waals surface area (Å²) in [5.74, 6) is -0.858. The Labute approximate surface area is 152 Å². The molecule has 5 heteroatoms. The van der Waals surface area contributed by atoms with Gasteiger partial charge in [-0.25, -0.2) is 4.79 Å². The molecular weight excluding hydrogens is 328 g/mol. The molecule has 4 amide bonds. The standard InChI is InChI=1S/C21H20N2O3/c1-14(2)17-10-8-15(9-11-17)12-18-19(24)22-21(26)23(20(18)25)13-16-6-4-3-5-7-16/h3-12,14H,13H2,1-2H3,(H,22,24,26). The van der Waals surface area contributed by atoms with Crippen LogP contribution in [0.1, 0.15) is 36.5 Å². The van der Waals surface area contributed by atoms with Gasteiger partial charge in [0.1, 0.15) is 5.57 Å². The topological polar surface area (TPSA) is 66.5 Å². The van der Waals surface area contributed by atoms with Crippen LogP contribution in [0.5, 0.6) is 0 Å². The Balaban J connectivity index is 1.87. The Kier molecular flexibility index (Phi) is 4.98. The van der Waals surface area contributed by atoms with Crippen molar-refractivity contribution >= 4 is 23.9 Å². The highest BCUT2D eigenvalue weighted by Gasteiger charge is 2.35. The minimum absolute atomic E-state index is 0.0437. The summed E-state index contributed by atoms with van der Waals surface area (Å²) in [5, 5.41) is 2.24. The summed E-state index contributed by atoms with van der Waals surface area (Å²) in [6, 6.07) is 16.1. The van der Waals surface area contributed by atoms with E-state index in [1.165, 1.54) is 11.6 Å². The maximum absolute atomic E-state index is 12.7. The van der Waals surface area contributed by atoms with Gasteiger partial charge < -0.3 is 0 Å². The van der Waals surface area contributed by atoms with Crippen molar-refractivity contribution in [2.75, 3.05) is 0 Å². The summed E-state index contributed by atoms with van der Waals surface area (Å²) >= 11 is 0. The van der Waals surface area contributed by atoms with Gasteiger partial charge in [0, 0.05) is 0 Å². The van der Waals surface area contributed by atoms with E-state index in [1.807, 2.05) is 54.6 Å². The van der Waals surface area contributed by atoms with E-state index in [0.717, 1.165) is 16.0 Å². The number of benzene rings is 2. The molecule has 0 aliphatic carbocycles. The van der Waals surface area contributed by atoms with E-state index in [4.69, 9.17) is 0 Å². The maximum atomic E-state index is 12.7. The SMILES string of the molecule is CC(C)c1ccc(C=C2C(=O)NC(=O)N(Cc3ccccc3)C2=O)cc1. The smallest absolute Gasteiger partial charge is 0.273 e. The van der Waals surface area contributed by atoms with Gasteiger partial charge in [-0.15, -0.1) is 0 Å². The van der Waals surface area contributed by atoms with Crippen LogP contribution in [-0.4, -0.2) is 22.7 Å². The number of amides is 4. The molecule has 0 aromatic heterocycles. The van der Waals surface area contributed by atoms with Crippen molar-refractivity contribution in [3.05, 3.63) is 76.9 Å². The second kappa shape index (κ2) is 7.35. The monoisotopic (exact) mass is 348 g/mol. The highest BCUT2D eigenvalue weighted by molar-refractivity contribution is 6.30. The first kappa shape index (κ1) is 17.6. The highest BCUT2D eigenvalue weighted by Crippen LogP contribution is 2.19. The molecule has 5 nitrogen and oxygen atoms in total. The van der Waals surface area contributed by atoms with Crippen molar-refractivity contribution < 1.29 is 14.4 Å². The lowest BCUT2D eigenvalue weighted by Crippen LogP contribution is -2.53. The summed E-state index contributed by atoms with van der Waals surface area (Å²) in [6.07, 6.45) is 1.52. The third kappa shape index (κ3) is 3.72. The van der Waals surface area contributed by atoms with E-state index in [2.05, 4.69) is 19.2 Å². The van der Waals surface area contributed by atoms with E-state index in [0.29, 0.717) is 5.92 Å². The van der Waals surface area contributed by atoms with Crippen LogP contribution in [0.15, 0.2) is 60.2 Å². The Morgan fingerprint density at radius 2 is 1.62 bits per heavy atom. The number of carbonyl (C=O) groups excluding carboxylic acids is 3. The summed E-state index contributed by atoms with van der Waals surface area (Å²) < 4.78 is 0. The number of barbiturate groups is 1. The first-order valence-electron chi connectivity index (χ1n) is 8.48. The summed E-state index contributed by atoms with van der Waals surface area (Å²) in [4.78, 5) is 38.0. The highest BCUT2D eigenvalue weighted by atomic mass is 16.2. The number of hydrogen-bond acceptors (Lipinski definition) is 3. The van der Waals surface area contributed by atoms with Gasteiger partial charge in [-0.05, 0) is 28.7 Å². The van der Waals surface area contributed by atoms with Gasteiger partial charge in [-0.2, -0.15) is 0 Å². The average Bonchev–Trinajstić information content (AvgIpc) is 2.63. The van der Waals surface area contributed by atoms with Crippen LogP contribution in [0.25, 0.3) is 6.08 Å². The average molecular weight is 348 g/mol.